The molecule has 0 spiro atoms. The van der Waals surface area contributed by atoms with Gasteiger partial charge in [0.15, 0.2) is 0 Å². The van der Waals surface area contributed by atoms with Gasteiger partial charge >= 0.3 is 0 Å². The molecule has 3 aromatic rings. The second-order valence-electron chi connectivity index (χ2n) is 6.50. The molecule has 0 saturated heterocycles. The van der Waals surface area contributed by atoms with Crippen molar-refractivity contribution in [1.29, 1.82) is 5.26 Å². The summed E-state index contributed by atoms with van der Waals surface area (Å²) in [6, 6.07) is 20.8. The highest BCUT2D eigenvalue weighted by molar-refractivity contribution is 9.10. The summed E-state index contributed by atoms with van der Waals surface area (Å²) < 4.78 is 6.83. The fourth-order valence-electron chi connectivity index (χ4n) is 2.81. The van der Waals surface area contributed by atoms with Crippen molar-refractivity contribution in [2.75, 3.05) is 5.32 Å². The lowest BCUT2D eigenvalue weighted by Gasteiger charge is -2.15. The van der Waals surface area contributed by atoms with E-state index in [0.29, 0.717) is 17.0 Å². The molecule has 5 heteroatoms. The van der Waals surface area contributed by atoms with Crippen molar-refractivity contribution in [3.63, 3.8) is 0 Å². The van der Waals surface area contributed by atoms with E-state index in [9.17, 15) is 10.1 Å². The molecule has 1 amide bonds. The van der Waals surface area contributed by atoms with Crippen LogP contribution in [-0.2, 0) is 4.79 Å². The van der Waals surface area contributed by atoms with Crippen molar-refractivity contribution >= 4 is 44.4 Å². The summed E-state index contributed by atoms with van der Waals surface area (Å²) >= 11 is 3.36. The van der Waals surface area contributed by atoms with Gasteiger partial charge in [-0.05, 0) is 61.0 Å². The van der Waals surface area contributed by atoms with Crippen LogP contribution in [0.3, 0.4) is 0 Å². The van der Waals surface area contributed by atoms with E-state index in [1.54, 1.807) is 18.2 Å². The molecule has 28 heavy (non-hydrogen) atoms. The first-order valence-corrected chi connectivity index (χ1v) is 9.64. The molecule has 0 aliphatic heterocycles. The molecular weight excluding hydrogens is 416 g/mol. The average molecular weight is 435 g/mol. The number of hydrogen-bond acceptors (Lipinski definition) is 3. The number of anilines is 1. The van der Waals surface area contributed by atoms with Gasteiger partial charge in [-0.2, -0.15) is 5.26 Å². The predicted octanol–water partition coefficient (Wildman–Crippen LogP) is 5.94. The highest BCUT2D eigenvalue weighted by atomic mass is 79.9. The number of nitrogens with zero attached hydrogens (tertiary/aromatic N) is 1. The zero-order valence-electron chi connectivity index (χ0n) is 15.6. The van der Waals surface area contributed by atoms with Crippen LogP contribution >= 0.6 is 15.9 Å². The van der Waals surface area contributed by atoms with Gasteiger partial charge in [0.1, 0.15) is 17.4 Å². The van der Waals surface area contributed by atoms with Crippen molar-refractivity contribution < 1.29 is 9.53 Å². The van der Waals surface area contributed by atoms with E-state index < -0.39 is 5.91 Å². The lowest BCUT2D eigenvalue weighted by Crippen LogP contribution is -2.13. The van der Waals surface area contributed by atoms with Crippen LogP contribution in [0.2, 0.25) is 0 Å². The molecule has 3 rings (SSSR count). The topological polar surface area (TPSA) is 62.1 Å². The van der Waals surface area contributed by atoms with E-state index in [-0.39, 0.29) is 11.7 Å². The number of halogens is 1. The summed E-state index contributed by atoms with van der Waals surface area (Å²) in [5.74, 6) is 0.172. The molecule has 0 heterocycles. The van der Waals surface area contributed by atoms with Crippen LogP contribution in [0, 0.1) is 11.3 Å². The van der Waals surface area contributed by atoms with Crippen molar-refractivity contribution in [2.24, 2.45) is 0 Å². The molecule has 0 atom stereocenters. The summed E-state index contributed by atoms with van der Waals surface area (Å²) in [5, 5.41) is 14.3. The monoisotopic (exact) mass is 434 g/mol. The molecule has 0 fully saturated rings. The van der Waals surface area contributed by atoms with Crippen LogP contribution in [0.4, 0.5) is 5.69 Å². The third-order valence-corrected chi connectivity index (χ3v) is 4.58. The van der Waals surface area contributed by atoms with Crippen molar-refractivity contribution in [1.82, 2.24) is 0 Å². The molecular formula is C23H19BrN2O2. The Kier molecular flexibility index (Phi) is 6.13. The molecule has 4 nitrogen and oxygen atoms in total. The number of fused-ring (bicyclic) bond motifs is 1. The number of carbonyl (C=O) groups is 1. The number of nitrogens with one attached hydrogen (secondary N) is 1. The Morgan fingerprint density at radius 3 is 2.50 bits per heavy atom. The second kappa shape index (κ2) is 8.73. The standard InChI is InChI=1S/C23H19BrN2O2/c1-15(2)28-22-12-7-16-5-3-4-6-20(16)21(22)13-17(14-25)23(27)26-19-10-8-18(24)9-11-19/h3-13,15H,1-2H3,(H,26,27)/b17-13+. The highest BCUT2D eigenvalue weighted by Gasteiger charge is 2.14. The Hall–Kier alpha value is -3.10. The van der Waals surface area contributed by atoms with Gasteiger partial charge in [-0.25, -0.2) is 0 Å². The van der Waals surface area contributed by atoms with Gasteiger partial charge in [0.25, 0.3) is 5.91 Å². The number of rotatable bonds is 5. The highest BCUT2D eigenvalue weighted by Crippen LogP contribution is 2.31. The maximum absolute atomic E-state index is 12.6. The smallest absolute Gasteiger partial charge is 0.266 e. The van der Waals surface area contributed by atoms with Gasteiger partial charge in [0, 0.05) is 15.7 Å². The Morgan fingerprint density at radius 1 is 1.11 bits per heavy atom. The Labute approximate surface area is 172 Å². The predicted molar refractivity (Wildman–Crippen MR) is 116 cm³/mol. The van der Waals surface area contributed by atoms with Gasteiger partial charge < -0.3 is 10.1 Å². The average Bonchev–Trinajstić information content (AvgIpc) is 2.68. The summed E-state index contributed by atoms with van der Waals surface area (Å²) in [4.78, 5) is 12.6. The van der Waals surface area contributed by atoms with Crippen molar-refractivity contribution in [3.05, 3.63) is 76.3 Å². The van der Waals surface area contributed by atoms with E-state index in [2.05, 4.69) is 21.2 Å². The minimum Gasteiger partial charge on any atom is -0.490 e. The van der Waals surface area contributed by atoms with Crippen molar-refractivity contribution in [2.45, 2.75) is 20.0 Å². The Balaban J connectivity index is 2.03. The third-order valence-electron chi connectivity index (χ3n) is 4.05. The summed E-state index contributed by atoms with van der Waals surface area (Å²) in [5.41, 5.74) is 1.34. The van der Waals surface area contributed by atoms with Crippen LogP contribution in [0.25, 0.3) is 16.8 Å². The fraction of sp³-hybridized carbons (Fsp3) is 0.130. The second-order valence-corrected chi connectivity index (χ2v) is 7.41. The number of hydrogen-bond donors (Lipinski definition) is 1. The summed E-state index contributed by atoms with van der Waals surface area (Å²) in [6.07, 6.45) is 1.56. The summed E-state index contributed by atoms with van der Waals surface area (Å²) in [7, 11) is 0. The molecule has 3 aromatic carbocycles. The van der Waals surface area contributed by atoms with Crippen molar-refractivity contribution in [3.8, 4) is 11.8 Å². The van der Waals surface area contributed by atoms with Gasteiger partial charge in [-0.3, -0.25) is 4.79 Å². The molecule has 0 aliphatic rings. The number of nitriles is 1. The lowest BCUT2D eigenvalue weighted by molar-refractivity contribution is -0.112. The lowest BCUT2D eigenvalue weighted by atomic mass is 10.0. The minimum absolute atomic E-state index is 0.00729. The summed E-state index contributed by atoms with van der Waals surface area (Å²) in [6.45, 7) is 3.88. The SMILES string of the molecule is CC(C)Oc1ccc2ccccc2c1/C=C(\C#N)C(=O)Nc1ccc(Br)cc1. The number of amides is 1. The Bertz CT molecular complexity index is 1080. The molecule has 0 unspecified atom stereocenters. The molecule has 0 radical (unpaired) electrons. The molecule has 1 N–H and O–H groups in total. The third kappa shape index (κ3) is 4.59. The van der Waals surface area contributed by atoms with Gasteiger partial charge in [-0.15, -0.1) is 0 Å². The van der Waals surface area contributed by atoms with E-state index in [4.69, 9.17) is 4.74 Å². The fourth-order valence-corrected chi connectivity index (χ4v) is 3.07. The zero-order valence-corrected chi connectivity index (χ0v) is 17.2. The molecule has 0 bridgehead atoms. The van der Waals surface area contributed by atoms with Crippen LogP contribution in [0.1, 0.15) is 19.4 Å². The first-order chi connectivity index (χ1) is 13.5. The molecule has 140 valence electrons. The van der Waals surface area contributed by atoms with Crippen LogP contribution in [-0.4, -0.2) is 12.0 Å². The zero-order chi connectivity index (χ0) is 20.1. The molecule has 0 saturated carbocycles. The van der Waals surface area contributed by atoms with Gasteiger partial charge in [-0.1, -0.05) is 46.3 Å². The van der Waals surface area contributed by atoms with Crippen LogP contribution < -0.4 is 10.1 Å². The van der Waals surface area contributed by atoms with Crippen LogP contribution in [0.15, 0.2) is 70.7 Å². The maximum Gasteiger partial charge on any atom is 0.266 e. The van der Waals surface area contributed by atoms with E-state index in [1.807, 2.05) is 68.4 Å². The quantitative estimate of drug-likeness (QED) is 0.399. The first-order valence-electron chi connectivity index (χ1n) is 8.85. The van der Waals surface area contributed by atoms with Crippen LogP contribution in [0.5, 0.6) is 5.75 Å². The number of ether oxygens (including phenoxy) is 1. The number of carbonyl (C=O) groups excluding carboxylic acids is 1. The maximum atomic E-state index is 12.6. The molecule has 0 aromatic heterocycles. The van der Waals surface area contributed by atoms with E-state index in [1.165, 1.54) is 0 Å². The largest absolute Gasteiger partial charge is 0.490 e. The van der Waals surface area contributed by atoms with Gasteiger partial charge in [0.2, 0.25) is 0 Å². The molecule has 0 aliphatic carbocycles. The Morgan fingerprint density at radius 2 is 1.82 bits per heavy atom. The minimum atomic E-state index is -0.465. The van der Waals surface area contributed by atoms with Gasteiger partial charge in [0.05, 0.1) is 6.10 Å². The normalized spacial score (nSPS) is 11.3. The number of benzene rings is 3. The van der Waals surface area contributed by atoms with E-state index in [0.717, 1.165) is 15.2 Å². The van der Waals surface area contributed by atoms with E-state index >= 15 is 0 Å². The first kappa shape index (κ1) is 19.7.